The van der Waals surface area contributed by atoms with Crippen molar-refractivity contribution in [1.82, 2.24) is 5.32 Å². The molecule has 1 aromatic rings. The van der Waals surface area contributed by atoms with Crippen LogP contribution in [0.25, 0.3) is 0 Å². The lowest BCUT2D eigenvalue weighted by molar-refractivity contribution is -0.121. The predicted octanol–water partition coefficient (Wildman–Crippen LogP) is 2.54. The highest BCUT2D eigenvalue weighted by Crippen LogP contribution is 2.11. The van der Waals surface area contributed by atoms with Crippen molar-refractivity contribution >= 4 is 11.9 Å². The summed E-state index contributed by atoms with van der Waals surface area (Å²) in [6.07, 6.45) is 8.46. The number of carbonyl (C=O) groups is 2. The molecule has 20 heavy (non-hydrogen) atoms. The van der Waals surface area contributed by atoms with Gasteiger partial charge >= 0.3 is 5.97 Å². The van der Waals surface area contributed by atoms with Gasteiger partial charge in [0, 0.05) is 12.5 Å². The number of aromatic carboxylic acids is 1. The van der Waals surface area contributed by atoms with E-state index in [-0.39, 0.29) is 17.5 Å². The van der Waals surface area contributed by atoms with Crippen molar-refractivity contribution in [2.75, 3.05) is 0 Å². The third-order valence-electron chi connectivity index (χ3n) is 3.44. The zero-order valence-electron chi connectivity index (χ0n) is 11.3. The maximum absolute atomic E-state index is 11.8. The smallest absolute Gasteiger partial charge is 0.335 e. The van der Waals surface area contributed by atoms with E-state index in [1.54, 1.807) is 24.3 Å². The molecule has 4 nitrogen and oxygen atoms in total. The van der Waals surface area contributed by atoms with Crippen LogP contribution in [-0.4, -0.2) is 23.0 Å². The summed E-state index contributed by atoms with van der Waals surface area (Å²) in [5.41, 5.74) is 1.25. The first kappa shape index (κ1) is 14.3. The lowest BCUT2D eigenvalue weighted by Gasteiger charge is -2.17. The van der Waals surface area contributed by atoms with Crippen LogP contribution in [0.1, 0.15) is 41.6 Å². The molecule has 0 saturated heterocycles. The maximum Gasteiger partial charge on any atom is 0.335 e. The molecule has 106 valence electrons. The summed E-state index contributed by atoms with van der Waals surface area (Å²) in [6.45, 7) is 0. The molecule has 0 aliphatic heterocycles. The first-order chi connectivity index (χ1) is 9.65. The SMILES string of the molecule is O=C(CCc1ccc(C(=O)O)cc1)N[C@@H]1C=CCCC1. The fourth-order valence-electron chi connectivity index (χ4n) is 2.28. The average Bonchev–Trinajstić information content (AvgIpc) is 2.46. The number of rotatable bonds is 5. The molecule has 2 rings (SSSR count). The Balaban J connectivity index is 1.79. The second kappa shape index (κ2) is 6.89. The summed E-state index contributed by atoms with van der Waals surface area (Å²) in [6, 6.07) is 6.83. The van der Waals surface area contributed by atoms with Crippen molar-refractivity contribution in [2.24, 2.45) is 0 Å². The molecular weight excluding hydrogens is 254 g/mol. The zero-order valence-corrected chi connectivity index (χ0v) is 11.3. The van der Waals surface area contributed by atoms with Gasteiger partial charge in [-0.05, 0) is 43.4 Å². The van der Waals surface area contributed by atoms with Crippen molar-refractivity contribution in [3.8, 4) is 0 Å². The quantitative estimate of drug-likeness (QED) is 0.810. The molecule has 4 heteroatoms. The molecule has 0 heterocycles. The van der Waals surface area contributed by atoms with Gasteiger partial charge in [0.25, 0.3) is 0 Å². The number of benzene rings is 1. The Bertz CT molecular complexity index is 505. The number of amides is 1. The van der Waals surface area contributed by atoms with Crippen LogP contribution in [0.15, 0.2) is 36.4 Å². The number of carboxylic acids is 1. The van der Waals surface area contributed by atoms with E-state index in [4.69, 9.17) is 5.11 Å². The summed E-state index contributed by atoms with van der Waals surface area (Å²) in [7, 11) is 0. The highest BCUT2D eigenvalue weighted by atomic mass is 16.4. The Kier molecular flexibility index (Phi) is 4.93. The van der Waals surface area contributed by atoms with Gasteiger partial charge in [0.2, 0.25) is 5.91 Å². The van der Waals surface area contributed by atoms with Crippen LogP contribution in [0.5, 0.6) is 0 Å². The summed E-state index contributed by atoms with van der Waals surface area (Å²) >= 11 is 0. The Morgan fingerprint density at radius 3 is 2.60 bits per heavy atom. The van der Waals surface area contributed by atoms with Crippen molar-refractivity contribution in [3.05, 3.63) is 47.5 Å². The second-order valence-corrected chi connectivity index (χ2v) is 5.04. The van der Waals surface area contributed by atoms with Crippen molar-refractivity contribution in [2.45, 2.75) is 38.1 Å². The fraction of sp³-hybridized carbons (Fsp3) is 0.375. The van der Waals surface area contributed by atoms with Gasteiger partial charge in [-0.25, -0.2) is 4.79 Å². The van der Waals surface area contributed by atoms with Gasteiger partial charge in [-0.15, -0.1) is 0 Å². The van der Waals surface area contributed by atoms with E-state index in [9.17, 15) is 9.59 Å². The molecule has 2 N–H and O–H groups in total. The number of hydrogen-bond donors (Lipinski definition) is 2. The van der Waals surface area contributed by atoms with Gasteiger partial charge in [0.15, 0.2) is 0 Å². The molecule has 1 aliphatic rings. The van der Waals surface area contributed by atoms with E-state index in [1.807, 2.05) is 0 Å². The molecule has 1 aliphatic carbocycles. The summed E-state index contributed by atoms with van der Waals surface area (Å²) in [5.74, 6) is -0.887. The highest BCUT2D eigenvalue weighted by molar-refractivity contribution is 5.87. The van der Waals surface area contributed by atoms with Gasteiger partial charge in [0.1, 0.15) is 0 Å². The van der Waals surface area contributed by atoms with Crippen LogP contribution in [0.4, 0.5) is 0 Å². The molecule has 1 atom stereocenters. The minimum atomic E-state index is -0.932. The van der Waals surface area contributed by atoms with Crippen LogP contribution in [0, 0.1) is 0 Å². The van der Waals surface area contributed by atoms with E-state index in [0.717, 1.165) is 24.8 Å². The lowest BCUT2D eigenvalue weighted by atomic mass is 10.0. The van der Waals surface area contributed by atoms with E-state index in [0.29, 0.717) is 12.8 Å². The molecular formula is C16H19NO3. The average molecular weight is 273 g/mol. The maximum atomic E-state index is 11.8. The number of nitrogens with one attached hydrogen (secondary N) is 1. The van der Waals surface area contributed by atoms with E-state index < -0.39 is 5.97 Å². The first-order valence-corrected chi connectivity index (χ1v) is 6.93. The lowest BCUT2D eigenvalue weighted by Crippen LogP contribution is -2.34. The van der Waals surface area contributed by atoms with Crippen molar-refractivity contribution < 1.29 is 14.7 Å². The normalized spacial score (nSPS) is 17.7. The van der Waals surface area contributed by atoms with Gasteiger partial charge in [-0.2, -0.15) is 0 Å². The van der Waals surface area contributed by atoms with Crippen LogP contribution < -0.4 is 5.32 Å². The number of aryl methyl sites for hydroxylation is 1. The molecule has 0 unspecified atom stereocenters. The fourth-order valence-corrected chi connectivity index (χ4v) is 2.28. The molecule has 0 bridgehead atoms. The molecule has 0 radical (unpaired) electrons. The summed E-state index contributed by atoms with van der Waals surface area (Å²) in [4.78, 5) is 22.5. The van der Waals surface area contributed by atoms with Crippen LogP contribution in [0.2, 0.25) is 0 Å². The standard InChI is InChI=1S/C16H19NO3/c18-15(17-14-4-2-1-3-5-14)11-8-12-6-9-13(10-7-12)16(19)20/h2,4,6-7,9-10,14H,1,3,5,8,11H2,(H,17,18)(H,19,20)/t14-/m1/s1. The second-order valence-electron chi connectivity index (χ2n) is 5.04. The van der Waals surface area contributed by atoms with Crippen molar-refractivity contribution in [3.63, 3.8) is 0 Å². The van der Waals surface area contributed by atoms with Gasteiger partial charge < -0.3 is 10.4 Å². The summed E-state index contributed by atoms with van der Waals surface area (Å²) < 4.78 is 0. The highest BCUT2D eigenvalue weighted by Gasteiger charge is 2.11. The van der Waals surface area contributed by atoms with Crippen LogP contribution >= 0.6 is 0 Å². The first-order valence-electron chi connectivity index (χ1n) is 6.93. The minimum Gasteiger partial charge on any atom is -0.478 e. The molecule has 0 saturated carbocycles. The molecule has 0 aromatic heterocycles. The third kappa shape index (κ3) is 4.23. The molecule has 0 fully saturated rings. The molecule has 1 aromatic carbocycles. The summed E-state index contributed by atoms with van der Waals surface area (Å²) in [5, 5.41) is 11.8. The Morgan fingerprint density at radius 2 is 2.00 bits per heavy atom. The Labute approximate surface area is 118 Å². The predicted molar refractivity (Wildman–Crippen MR) is 76.6 cm³/mol. The van der Waals surface area contributed by atoms with Gasteiger partial charge in [-0.3, -0.25) is 4.79 Å². The number of allylic oxidation sites excluding steroid dienone is 1. The zero-order chi connectivity index (χ0) is 14.4. The monoisotopic (exact) mass is 273 g/mol. The Morgan fingerprint density at radius 1 is 1.25 bits per heavy atom. The van der Waals surface area contributed by atoms with E-state index in [1.165, 1.54) is 0 Å². The third-order valence-corrected chi connectivity index (χ3v) is 3.44. The number of hydrogen-bond acceptors (Lipinski definition) is 2. The number of carbonyl (C=O) groups excluding carboxylic acids is 1. The van der Waals surface area contributed by atoms with E-state index >= 15 is 0 Å². The van der Waals surface area contributed by atoms with E-state index in [2.05, 4.69) is 17.5 Å². The Hall–Kier alpha value is -2.10. The van der Waals surface area contributed by atoms with Gasteiger partial charge in [-0.1, -0.05) is 24.3 Å². The molecule has 1 amide bonds. The topological polar surface area (TPSA) is 66.4 Å². The van der Waals surface area contributed by atoms with Gasteiger partial charge in [0.05, 0.1) is 5.56 Å². The molecule has 0 spiro atoms. The van der Waals surface area contributed by atoms with Crippen LogP contribution in [0.3, 0.4) is 0 Å². The largest absolute Gasteiger partial charge is 0.478 e. The van der Waals surface area contributed by atoms with Crippen LogP contribution in [-0.2, 0) is 11.2 Å². The minimum absolute atomic E-state index is 0.0452. The number of carboxylic acid groups (broad SMARTS) is 1. The van der Waals surface area contributed by atoms with Crippen molar-refractivity contribution in [1.29, 1.82) is 0 Å².